The molecule has 5 heteroatoms. The van der Waals surface area contributed by atoms with Crippen molar-refractivity contribution in [1.82, 2.24) is 5.32 Å². The molecule has 0 atom stereocenters. The largest absolute Gasteiger partial charge is 0.366 e. The molecule has 0 saturated carbocycles. The fourth-order valence-electron chi connectivity index (χ4n) is 0. The number of amides is 1. The Labute approximate surface area is 78.8 Å². The molecule has 0 heterocycles. The van der Waals surface area contributed by atoms with Crippen LogP contribution in [0.1, 0.15) is 0 Å². The number of hydrogen-bond donors (Lipinski definition) is 2. The molecule has 0 rings (SSSR count). The Morgan fingerprint density at radius 1 is 1.42 bits per heavy atom. The molecule has 0 radical (unpaired) electrons. The van der Waals surface area contributed by atoms with Gasteiger partial charge in [0.2, 0.25) is 5.91 Å². The van der Waals surface area contributed by atoms with Gasteiger partial charge in [-0.1, -0.05) is 6.58 Å². The highest BCUT2D eigenvalue weighted by Gasteiger charge is 1.69. The molecule has 0 unspecified atom stereocenters. The van der Waals surface area contributed by atoms with Crippen LogP contribution >= 0.6 is 11.6 Å². The third-order valence-corrected chi connectivity index (χ3v) is 0.201. The van der Waals surface area contributed by atoms with Crippen molar-refractivity contribution >= 4 is 24.3 Å². The first kappa shape index (κ1) is 22.5. The molecule has 0 fully saturated rings. The molecule has 12 heavy (non-hydrogen) atoms. The van der Waals surface area contributed by atoms with E-state index in [0.717, 1.165) is 6.08 Å². The molecule has 0 spiro atoms. The zero-order valence-corrected chi connectivity index (χ0v) is 8.52. The maximum absolute atomic E-state index is 9.47. The van der Waals surface area contributed by atoms with Crippen molar-refractivity contribution in [2.75, 3.05) is 20.5 Å². The van der Waals surface area contributed by atoms with E-state index >= 15 is 0 Å². The van der Waals surface area contributed by atoms with Gasteiger partial charge in [-0.2, -0.15) is 0 Å². The Hall–Kier alpha value is -0.870. The van der Waals surface area contributed by atoms with E-state index < -0.39 is 5.91 Å². The molecule has 0 aromatic rings. The molecule has 0 saturated heterocycles. The summed E-state index contributed by atoms with van der Waals surface area (Å²) in [5.74, 6) is -0.481. The summed E-state index contributed by atoms with van der Waals surface area (Å²) in [6.45, 7) is 5.09. The number of primary amides is 1. The monoisotopic (exact) mass is 196 g/mol. The average Bonchev–Trinajstić information content (AvgIpc) is 2.13. The van der Waals surface area contributed by atoms with Crippen LogP contribution in [-0.4, -0.2) is 33.2 Å². The lowest BCUT2D eigenvalue weighted by Crippen LogP contribution is -2.04. The van der Waals surface area contributed by atoms with Gasteiger partial charge in [0.25, 0.3) is 0 Å². The molecule has 1 amide bonds. The number of carbonyl (C=O) groups is 2. The van der Waals surface area contributed by atoms with Gasteiger partial charge in [-0.05, 0) is 20.2 Å². The van der Waals surface area contributed by atoms with Gasteiger partial charge in [-0.15, -0.1) is 11.6 Å². The molecule has 0 aliphatic rings. The lowest BCUT2D eigenvalue weighted by molar-refractivity contribution is -0.113. The second-order valence-corrected chi connectivity index (χ2v) is 1.11. The Morgan fingerprint density at radius 3 is 1.50 bits per heavy atom. The third kappa shape index (κ3) is 473. The fourth-order valence-corrected chi connectivity index (χ4v) is 0. The summed E-state index contributed by atoms with van der Waals surface area (Å²) in [5, 5.41) is 2.75. The first-order valence-electron chi connectivity index (χ1n) is 2.86. The highest BCUT2D eigenvalue weighted by atomic mass is 35.5. The average molecular weight is 197 g/mol. The van der Waals surface area contributed by atoms with Crippen molar-refractivity contribution in [3.8, 4) is 0 Å². The summed E-state index contributed by atoms with van der Waals surface area (Å²) in [7, 11) is 3.75. The number of nitrogens with one attached hydrogen (secondary N) is 1. The number of halogens is 1. The maximum Gasteiger partial charge on any atom is 0.240 e. The van der Waals surface area contributed by atoms with Crippen molar-refractivity contribution in [3.63, 3.8) is 0 Å². The van der Waals surface area contributed by atoms with E-state index in [1.807, 2.05) is 20.9 Å². The normalized spacial score (nSPS) is 5.00. The first-order chi connectivity index (χ1) is 5.68. The smallest absolute Gasteiger partial charge is 0.240 e. The second kappa shape index (κ2) is 49.5. The molecule has 0 aliphatic carbocycles. The van der Waals surface area contributed by atoms with E-state index in [2.05, 4.69) is 29.2 Å². The summed E-state index contributed by atoms with van der Waals surface area (Å²) in [6.07, 6.45) is 2.53. The topological polar surface area (TPSA) is 72.2 Å². The second-order valence-electron chi connectivity index (χ2n) is 1.11. The van der Waals surface area contributed by atoms with Gasteiger partial charge in [0.1, 0.15) is 6.79 Å². The van der Waals surface area contributed by atoms with Crippen molar-refractivity contribution in [3.05, 3.63) is 12.7 Å². The predicted molar refractivity (Wildman–Crippen MR) is 53.3 cm³/mol. The minimum Gasteiger partial charge on any atom is -0.366 e. The Morgan fingerprint density at radius 2 is 1.50 bits per heavy atom. The summed E-state index contributed by atoms with van der Waals surface area (Å²) in [4.78, 5) is 17.5. The molecule has 3 N–H and O–H groups in total. The SMILES string of the molecule is C=CC(N)=O.C=O.CCl.CNC. The summed E-state index contributed by atoms with van der Waals surface area (Å²) in [5.41, 5.74) is 4.53. The van der Waals surface area contributed by atoms with Gasteiger partial charge < -0.3 is 15.8 Å². The highest BCUT2D eigenvalue weighted by molar-refractivity contribution is 6.15. The molecule has 74 valence electrons. The van der Waals surface area contributed by atoms with Crippen LogP contribution in [0.25, 0.3) is 0 Å². The number of alkyl halides is 1. The molecular weight excluding hydrogens is 180 g/mol. The van der Waals surface area contributed by atoms with Crippen molar-refractivity contribution in [2.45, 2.75) is 0 Å². The zero-order valence-electron chi connectivity index (χ0n) is 7.76. The first-order valence-corrected chi connectivity index (χ1v) is 3.61. The Bertz CT molecular complexity index is 89.5. The fraction of sp³-hybridized carbons (Fsp3) is 0.429. The summed E-state index contributed by atoms with van der Waals surface area (Å²) >= 11 is 4.64. The van der Waals surface area contributed by atoms with Gasteiger partial charge in [0, 0.05) is 6.38 Å². The van der Waals surface area contributed by atoms with Crippen LogP contribution in [0.2, 0.25) is 0 Å². The molecule has 4 nitrogen and oxygen atoms in total. The van der Waals surface area contributed by atoms with E-state index in [1.54, 1.807) is 0 Å². The molecule has 0 aromatic heterocycles. The summed E-state index contributed by atoms with van der Waals surface area (Å²) < 4.78 is 0. The molecular formula is C7H17ClN2O2. The number of rotatable bonds is 1. The molecule has 0 aromatic carbocycles. The molecule has 0 aliphatic heterocycles. The third-order valence-electron chi connectivity index (χ3n) is 0.201. The maximum atomic E-state index is 9.47. The van der Waals surface area contributed by atoms with E-state index in [-0.39, 0.29) is 0 Å². The van der Waals surface area contributed by atoms with Gasteiger partial charge in [-0.3, -0.25) is 4.79 Å². The van der Waals surface area contributed by atoms with Crippen LogP contribution in [-0.2, 0) is 9.59 Å². The number of nitrogens with two attached hydrogens (primary N) is 1. The predicted octanol–water partition coefficient (Wildman–Crippen LogP) is 0.163. The van der Waals surface area contributed by atoms with Gasteiger partial charge in [0.15, 0.2) is 0 Å². The van der Waals surface area contributed by atoms with E-state index in [0.29, 0.717) is 0 Å². The van der Waals surface area contributed by atoms with Crippen LogP contribution in [0.4, 0.5) is 0 Å². The van der Waals surface area contributed by atoms with Crippen molar-refractivity contribution in [2.24, 2.45) is 5.73 Å². The van der Waals surface area contributed by atoms with Gasteiger partial charge in [0.05, 0.1) is 0 Å². The summed E-state index contributed by atoms with van der Waals surface area (Å²) in [6, 6.07) is 0. The highest BCUT2D eigenvalue weighted by Crippen LogP contribution is 1.48. The number of carbonyl (C=O) groups excluding carboxylic acids is 2. The zero-order chi connectivity index (χ0) is 11.0. The van der Waals surface area contributed by atoms with Crippen LogP contribution in [0.3, 0.4) is 0 Å². The van der Waals surface area contributed by atoms with E-state index in [9.17, 15) is 4.79 Å². The lowest BCUT2D eigenvalue weighted by atomic mass is 10.6. The van der Waals surface area contributed by atoms with Crippen LogP contribution in [0.15, 0.2) is 12.7 Å². The van der Waals surface area contributed by atoms with Crippen LogP contribution in [0.5, 0.6) is 0 Å². The minimum atomic E-state index is -0.481. The van der Waals surface area contributed by atoms with Gasteiger partial charge >= 0.3 is 0 Å². The van der Waals surface area contributed by atoms with Crippen LogP contribution in [0, 0.1) is 0 Å². The van der Waals surface area contributed by atoms with E-state index in [4.69, 9.17) is 4.79 Å². The quantitative estimate of drug-likeness (QED) is 0.464. The van der Waals surface area contributed by atoms with Crippen molar-refractivity contribution < 1.29 is 9.59 Å². The standard InChI is InChI=1S/C3H5NO.C2H7N.CH3Cl.CH2O/c1-2-3(4)5;1-3-2;2*1-2/h2H,1H2,(H2,4,5);3H,1-2H3;1H3;1H2. The number of hydrogen-bond acceptors (Lipinski definition) is 3. The minimum absolute atomic E-state index is 0.481. The lowest BCUT2D eigenvalue weighted by Gasteiger charge is -1.65. The van der Waals surface area contributed by atoms with Crippen LogP contribution < -0.4 is 11.1 Å². The van der Waals surface area contributed by atoms with Gasteiger partial charge in [-0.25, -0.2) is 0 Å². The molecule has 0 bridgehead atoms. The Balaban J connectivity index is -0.0000000397. The Kier molecular flexibility index (Phi) is 92.7. The van der Waals surface area contributed by atoms with Crippen molar-refractivity contribution in [1.29, 1.82) is 0 Å². The van der Waals surface area contributed by atoms with E-state index in [1.165, 1.54) is 6.38 Å².